The van der Waals surface area contributed by atoms with Gasteiger partial charge >= 0.3 is 0 Å². The number of anilines is 1. The lowest BCUT2D eigenvalue weighted by Crippen LogP contribution is -2.32. The number of hydrogen-bond donors (Lipinski definition) is 2. The maximum absolute atomic E-state index is 10.1. The minimum absolute atomic E-state index is 0.148. The molecule has 0 saturated heterocycles. The van der Waals surface area contributed by atoms with E-state index in [9.17, 15) is 5.11 Å². The Morgan fingerprint density at radius 2 is 2.00 bits per heavy atom. The minimum Gasteiger partial charge on any atom is -0.391 e. The van der Waals surface area contributed by atoms with Gasteiger partial charge in [0.1, 0.15) is 0 Å². The largest absolute Gasteiger partial charge is 0.391 e. The zero-order valence-electron chi connectivity index (χ0n) is 9.63. The molecule has 0 aliphatic heterocycles. The molecule has 1 aliphatic carbocycles. The molecule has 1 aromatic carbocycles. The van der Waals surface area contributed by atoms with Crippen LogP contribution < -0.4 is 5.32 Å². The van der Waals surface area contributed by atoms with E-state index in [1.54, 1.807) is 0 Å². The summed E-state index contributed by atoms with van der Waals surface area (Å²) in [5.74, 6) is 0. The van der Waals surface area contributed by atoms with E-state index in [-0.39, 0.29) is 12.1 Å². The predicted octanol–water partition coefficient (Wildman–Crippen LogP) is 4.21. The van der Waals surface area contributed by atoms with Crippen LogP contribution in [0.3, 0.4) is 0 Å². The highest BCUT2D eigenvalue weighted by Gasteiger charge is 2.21. The molecule has 17 heavy (non-hydrogen) atoms. The molecule has 0 amide bonds. The van der Waals surface area contributed by atoms with Crippen molar-refractivity contribution >= 4 is 33.2 Å². The van der Waals surface area contributed by atoms with E-state index in [4.69, 9.17) is 11.6 Å². The third kappa shape index (κ3) is 3.60. The first-order valence-electron chi connectivity index (χ1n) is 6.06. The molecule has 94 valence electrons. The first-order chi connectivity index (χ1) is 8.16. The van der Waals surface area contributed by atoms with Crippen molar-refractivity contribution in [2.75, 3.05) is 5.32 Å². The molecule has 0 bridgehead atoms. The molecule has 1 aromatic rings. The van der Waals surface area contributed by atoms with E-state index in [2.05, 4.69) is 21.2 Å². The van der Waals surface area contributed by atoms with Gasteiger partial charge < -0.3 is 10.4 Å². The summed E-state index contributed by atoms with van der Waals surface area (Å²) in [6.45, 7) is 0. The molecule has 1 fully saturated rings. The van der Waals surface area contributed by atoms with Gasteiger partial charge in [0.05, 0.1) is 12.1 Å². The molecule has 1 aliphatic rings. The highest BCUT2D eigenvalue weighted by molar-refractivity contribution is 9.10. The molecule has 0 radical (unpaired) electrons. The Balaban J connectivity index is 2.08. The minimum atomic E-state index is -0.250. The maximum Gasteiger partial charge on any atom is 0.0741 e. The van der Waals surface area contributed by atoms with Gasteiger partial charge in [-0.2, -0.15) is 0 Å². The Labute approximate surface area is 115 Å². The molecule has 0 heterocycles. The number of nitrogens with one attached hydrogen (secondary N) is 1. The normalized spacial score (nSPS) is 25.4. The second-order valence-electron chi connectivity index (χ2n) is 4.58. The van der Waals surface area contributed by atoms with Crippen molar-refractivity contribution < 1.29 is 5.11 Å². The van der Waals surface area contributed by atoms with Gasteiger partial charge in [0, 0.05) is 15.2 Å². The van der Waals surface area contributed by atoms with Crippen molar-refractivity contribution in [2.45, 2.75) is 44.2 Å². The van der Waals surface area contributed by atoms with Crippen LogP contribution in [0.25, 0.3) is 0 Å². The standard InChI is InChI=1S/C13H17BrClNO/c14-10-8-9(15)6-7-11(10)16-12-4-2-1-3-5-13(12)17/h6-8,12-13,16-17H,1-5H2. The van der Waals surface area contributed by atoms with Crippen LogP contribution in [0.15, 0.2) is 22.7 Å². The number of rotatable bonds is 2. The molecule has 2 N–H and O–H groups in total. The summed E-state index contributed by atoms with van der Waals surface area (Å²) in [7, 11) is 0. The van der Waals surface area contributed by atoms with Crippen LogP contribution in [-0.4, -0.2) is 17.3 Å². The van der Waals surface area contributed by atoms with Gasteiger partial charge in [0.2, 0.25) is 0 Å². The fourth-order valence-corrected chi connectivity index (χ4v) is 3.06. The molecule has 4 heteroatoms. The molecular weight excluding hydrogens is 302 g/mol. The van der Waals surface area contributed by atoms with E-state index >= 15 is 0 Å². The summed E-state index contributed by atoms with van der Waals surface area (Å²) in [5, 5.41) is 14.2. The zero-order valence-corrected chi connectivity index (χ0v) is 12.0. The molecule has 2 nitrogen and oxygen atoms in total. The average Bonchev–Trinajstić information content (AvgIpc) is 2.48. The summed E-state index contributed by atoms with van der Waals surface area (Å²) in [6.07, 6.45) is 5.19. The van der Waals surface area contributed by atoms with Crippen LogP contribution >= 0.6 is 27.5 Å². The number of hydrogen-bond acceptors (Lipinski definition) is 2. The molecule has 0 spiro atoms. The Morgan fingerprint density at radius 3 is 2.76 bits per heavy atom. The highest BCUT2D eigenvalue weighted by atomic mass is 79.9. The first kappa shape index (κ1) is 13.2. The number of aliphatic hydroxyl groups excluding tert-OH is 1. The summed E-state index contributed by atoms with van der Waals surface area (Å²) in [6, 6.07) is 5.82. The predicted molar refractivity (Wildman–Crippen MR) is 75.7 cm³/mol. The average molecular weight is 319 g/mol. The number of benzene rings is 1. The van der Waals surface area contributed by atoms with Gasteiger partial charge in [-0.15, -0.1) is 0 Å². The van der Waals surface area contributed by atoms with E-state index in [1.165, 1.54) is 12.8 Å². The van der Waals surface area contributed by atoms with Crippen molar-refractivity contribution in [1.82, 2.24) is 0 Å². The van der Waals surface area contributed by atoms with Gasteiger partial charge in [0.25, 0.3) is 0 Å². The van der Waals surface area contributed by atoms with Gasteiger partial charge in [0.15, 0.2) is 0 Å². The number of aliphatic hydroxyl groups is 1. The quantitative estimate of drug-likeness (QED) is 0.801. The van der Waals surface area contributed by atoms with Gasteiger partial charge in [-0.05, 0) is 47.0 Å². The van der Waals surface area contributed by atoms with Gasteiger partial charge in [-0.25, -0.2) is 0 Å². The molecule has 2 unspecified atom stereocenters. The second-order valence-corrected chi connectivity index (χ2v) is 5.87. The third-order valence-corrected chi connectivity index (χ3v) is 4.14. The van der Waals surface area contributed by atoms with Crippen LogP contribution in [0.2, 0.25) is 5.02 Å². The van der Waals surface area contributed by atoms with Crippen molar-refractivity contribution in [3.8, 4) is 0 Å². The topological polar surface area (TPSA) is 32.3 Å². The summed E-state index contributed by atoms with van der Waals surface area (Å²) in [4.78, 5) is 0. The summed E-state index contributed by atoms with van der Waals surface area (Å²) in [5.41, 5.74) is 1.00. The van der Waals surface area contributed by atoms with Crippen molar-refractivity contribution in [1.29, 1.82) is 0 Å². The Bertz CT molecular complexity index is 386. The van der Waals surface area contributed by atoms with Crippen molar-refractivity contribution in [2.24, 2.45) is 0 Å². The zero-order chi connectivity index (χ0) is 12.3. The van der Waals surface area contributed by atoms with Gasteiger partial charge in [-0.1, -0.05) is 30.9 Å². The molecule has 2 atom stereocenters. The van der Waals surface area contributed by atoms with Crippen LogP contribution in [-0.2, 0) is 0 Å². The monoisotopic (exact) mass is 317 g/mol. The van der Waals surface area contributed by atoms with E-state index < -0.39 is 0 Å². The molecule has 1 saturated carbocycles. The molecule has 2 rings (SSSR count). The Hall–Kier alpha value is -0.250. The van der Waals surface area contributed by atoms with Crippen LogP contribution in [0.5, 0.6) is 0 Å². The maximum atomic E-state index is 10.1. The van der Waals surface area contributed by atoms with E-state index in [0.717, 1.165) is 29.4 Å². The van der Waals surface area contributed by atoms with Crippen molar-refractivity contribution in [3.05, 3.63) is 27.7 Å². The lowest BCUT2D eigenvalue weighted by molar-refractivity contribution is 0.144. The summed E-state index contributed by atoms with van der Waals surface area (Å²) >= 11 is 9.39. The third-order valence-electron chi connectivity index (χ3n) is 3.25. The van der Waals surface area contributed by atoms with Gasteiger partial charge in [-0.3, -0.25) is 0 Å². The fraction of sp³-hybridized carbons (Fsp3) is 0.538. The van der Waals surface area contributed by atoms with Crippen LogP contribution in [0.1, 0.15) is 32.1 Å². The van der Waals surface area contributed by atoms with E-state index in [0.29, 0.717) is 5.02 Å². The summed E-state index contributed by atoms with van der Waals surface area (Å²) < 4.78 is 0.946. The SMILES string of the molecule is OC1CCCCCC1Nc1ccc(Cl)cc1Br. The van der Waals surface area contributed by atoms with Crippen LogP contribution in [0.4, 0.5) is 5.69 Å². The fourth-order valence-electron chi connectivity index (χ4n) is 2.26. The Kier molecular flexibility index (Phi) is 4.71. The smallest absolute Gasteiger partial charge is 0.0741 e. The van der Waals surface area contributed by atoms with Crippen molar-refractivity contribution in [3.63, 3.8) is 0 Å². The number of halogens is 2. The first-order valence-corrected chi connectivity index (χ1v) is 7.23. The Morgan fingerprint density at radius 1 is 1.24 bits per heavy atom. The second kappa shape index (κ2) is 6.07. The highest BCUT2D eigenvalue weighted by Crippen LogP contribution is 2.29. The lowest BCUT2D eigenvalue weighted by Gasteiger charge is -2.23. The molecule has 0 aromatic heterocycles. The van der Waals surface area contributed by atoms with Crippen LogP contribution in [0, 0.1) is 0 Å². The van der Waals surface area contributed by atoms with E-state index in [1.807, 2.05) is 18.2 Å². The lowest BCUT2D eigenvalue weighted by atomic mass is 10.1. The molecular formula is C13H17BrClNO.